The van der Waals surface area contributed by atoms with Crippen LogP contribution in [0.25, 0.3) is 6.08 Å². The van der Waals surface area contributed by atoms with Crippen LogP contribution in [-0.2, 0) is 0 Å². The van der Waals surface area contributed by atoms with Crippen LogP contribution in [0.5, 0.6) is 0 Å². The zero-order chi connectivity index (χ0) is 8.55. The van der Waals surface area contributed by atoms with Crippen LogP contribution in [-0.4, -0.2) is 0 Å². The Labute approximate surface area is 78.7 Å². The molecule has 0 spiro atoms. The molecule has 12 heavy (non-hydrogen) atoms. The summed E-state index contributed by atoms with van der Waals surface area (Å²) >= 11 is 4.54. The third-order valence-electron chi connectivity index (χ3n) is 2.26. The van der Waals surface area contributed by atoms with Crippen LogP contribution in [0, 0.1) is 6.92 Å². The summed E-state index contributed by atoms with van der Waals surface area (Å²) in [4.78, 5) is 0. The summed E-state index contributed by atoms with van der Waals surface area (Å²) in [6.07, 6.45) is 5.43. The van der Waals surface area contributed by atoms with Crippen molar-refractivity contribution < 1.29 is 0 Å². The molecule has 1 aromatic carbocycles. The first-order valence-electron chi connectivity index (χ1n) is 4.22. The summed E-state index contributed by atoms with van der Waals surface area (Å²) in [5.41, 5.74) is 4.02. The van der Waals surface area contributed by atoms with E-state index in [2.05, 4.69) is 49.9 Å². The van der Waals surface area contributed by atoms with Crippen LogP contribution in [0.4, 0.5) is 0 Å². The van der Waals surface area contributed by atoms with E-state index in [1.807, 2.05) is 0 Å². The van der Waals surface area contributed by atoms with Gasteiger partial charge in [0, 0.05) is 5.25 Å². The Morgan fingerprint density at radius 3 is 3.08 bits per heavy atom. The van der Waals surface area contributed by atoms with Gasteiger partial charge < -0.3 is 0 Å². The highest BCUT2D eigenvalue weighted by molar-refractivity contribution is 7.80. The molecule has 62 valence electrons. The van der Waals surface area contributed by atoms with Gasteiger partial charge in [0.2, 0.25) is 0 Å². The Balaban J connectivity index is 2.56. The molecule has 1 aromatic rings. The maximum absolute atomic E-state index is 4.54. The molecular formula is C11H12S. The van der Waals surface area contributed by atoms with Gasteiger partial charge in [0.15, 0.2) is 0 Å². The minimum absolute atomic E-state index is 0.393. The second-order valence-corrected chi connectivity index (χ2v) is 3.91. The van der Waals surface area contributed by atoms with Gasteiger partial charge in [0.1, 0.15) is 0 Å². The van der Waals surface area contributed by atoms with Crippen molar-refractivity contribution in [3.63, 3.8) is 0 Å². The summed E-state index contributed by atoms with van der Waals surface area (Å²) in [6.45, 7) is 2.12. The van der Waals surface area contributed by atoms with E-state index in [0.717, 1.165) is 6.42 Å². The van der Waals surface area contributed by atoms with Gasteiger partial charge >= 0.3 is 0 Å². The Morgan fingerprint density at radius 2 is 2.25 bits per heavy atom. The van der Waals surface area contributed by atoms with Gasteiger partial charge in [0.25, 0.3) is 0 Å². The number of thiol groups is 1. The third-order valence-corrected chi connectivity index (χ3v) is 2.75. The summed E-state index contributed by atoms with van der Waals surface area (Å²) in [6, 6.07) is 6.55. The monoisotopic (exact) mass is 176 g/mol. The van der Waals surface area contributed by atoms with Gasteiger partial charge in [-0.15, -0.1) is 0 Å². The molecule has 0 fully saturated rings. The first kappa shape index (κ1) is 7.93. The smallest absolute Gasteiger partial charge is 0.0307 e. The molecule has 0 saturated carbocycles. The zero-order valence-corrected chi connectivity index (χ0v) is 8.01. The highest BCUT2D eigenvalue weighted by Crippen LogP contribution is 2.32. The molecule has 1 aliphatic rings. The minimum atomic E-state index is 0.393. The molecule has 0 aliphatic heterocycles. The van der Waals surface area contributed by atoms with Gasteiger partial charge in [-0.1, -0.05) is 35.9 Å². The second-order valence-electron chi connectivity index (χ2n) is 3.29. The SMILES string of the molecule is Cc1ccc2c(c1)C(S)CC=C2. The van der Waals surface area contributed by atoms with Gasteiger partial charge in [-0.2, -0.15) is 12.6 Å². The van der Waals surface area contributed by atoms with Crippen LogP contribution in [0.2, 0.25) is 0 Å². The van der Waals surface area contributed by atoms with E-state index in [9.17, 15) is 0 Å². The maximum atomic E-state index is 4.54. The molecule has 1 heteroatoms. The summed E-state index contributed by atoms with van der Waals surface area (Å²) in [5, 5.41) is 0.393. The molecule has 0 amide bonds. The number of benzene rings is 1. The fraction of sp³-hybridized carbons (Fsp3) is 0.273. The van der Waals surface area contributed by atoms with Crippen molar-refractivity contribution in [1.29, 1.82) is 0 Å². The largest absolute Gasteiger partial charge is 0.171 e. The van der Waals surface area contributed by atoms with Crippen molar-refractivity contribution in [3.8, 4) is 0 Å². The topological polar surface area (TPSA) is 0 Å². The first-order chi connectivity index (χ1) is 5.77. The van der Waals surface area contributed by atoms with Crippen molar-refractivity contribution in [2.75, 3.05) is 0 Å². The minimum Gasteiger partial charge on any atom is -0.171 e. The first-order valence-corrected chi connectivity index (χ1v) is 4.74. The molecule has 0 radical (unpaired) electrons. The van der Waals surface area contributed by atoms with Crippen molar-refractivity contribution >= 4 is 18.7 Å². The van der Waals surface area contributed by atoms with Crippen molar-refractivity contribution in [1.82, 2.24) is 0 Å². The molecule has 0 heterocycles. The predicted molar refractivity (Wildman–Crippen MR) is 56.6 cm³/mol. The lowest BCUT2D eigenvalue weighted by Crippen LogP contribution is -1.97. The quantitative estimate of drug-likeness (QED) is 0.576. The lowest BCUT2D eigenvalue weighted by molar-refractivity contribution is 0.960. The Kier molecular flexibility index (Phi) is 1.97. The van der Waals surface area contributed by atoms with Crippen LogP contribution in [0.3, 0.4) is 0 Å². The van der Waals surface area contributed by atoms with Crippen LogP contribution < -0.4 is 0 Å². The predicted octanol–water partition coefficient (Wildman–Crippen LogP) is 3.38. The summed E-state index contributed by atoms with van der Waals surface area (Å²) in [5.74, 6) is 0. The lowest BCUT2D eigenvalue weighted by atomic mass is 9.95. The zero-order valence-electron chi connectivity index (χ0n) is 7.12. The standard InChI is InChI=1S/C11H12S/c1-8-5-6-9-3-2-4-11(12)10(9)7-8/h2-3,5-7,11-12H,4H2,1H3. The van der Waals surface area contributed by atoms with Crippen molar-refractivity contribution in [3.05, 3.63) is 41.0 Å². The van der Waals surface area contributed by atoms with Crippen molar-refractivity contribution in [2.45, 2.75) is 18.6 Å². The molecule has 0 N–H and O–H groups in total. The molecule has 0 aromatic heterocycles. The Bertz CT molecular complexity index is 326. The molecular weight excluding hydrogens is 164 g/mol. The molecule has 1 atom stereocenters. The van der Waals surface area contributed by atoms with E-state index in [1.165, 1.54) is 16.7 Å². The van der Waals surface area contributed by atoms with E-state index in [1.54, 1.807) is 0 Å². The molecule has 0 bridgehead atoms. The molecule has 2 rings (SSSR count). The number of aryl methyl sites for hydroxylation is 1. The summed E-state index contributed by atoms with van der Waals surface area (Å²) < 4.78 is 0. The number of rotatable bonds is 0. The highest BCUT2D eigenvalue weighted by atomic mass is 32.1. The fourth-order valence-electron chi connectivity index (χ4n) is 1.59. The molecule has 1 unspecified atom stereocenters. The average Bonchev–Trinajstić information content (AvgIpc) is 2.07. The lowest BCUT2D eigenvalue weighted by Gasteiger charge is -2.17. The van der Waals surface area contributed by atoms with E-state index in [4.69, 9.17) is 0 Å². The van der Waals surface area contributed by atoms with E-state index < -0.39 is 0 Å². The fourth-order valence-corrected chi connectivity index (χ4v) is 1.93. The number of allylic oxidation sites excluding steroid dienone is 1. The van der Waals surface area contributed by atoms with Gasteiger partial charge in [0.05, 0.1) is 0 Å². The van der Waals surface area contributed by atoms with Gasteiger partial charge in [-0.05, 0) is 24.5 Å². The molecule has 1 aliphatic carbocycles. The Morgan fingerprint density at radius 1 is 1.42 bits per heavy atom. The average molecular weight is 176 g/mol. The summed E-state index contributed by atoms with van der Waals surface area (Å²) in [7, 11) is 0. The van der Waals surface area contributed by atoms with Crippen LogP contribution in [0.1, 0.15) is 28.4 Å². The Hall–Kier alpha value is -0.690. The number of fused-ring (bicyclic) bond motifs is 1. The van der Waals surface area contributed by atoms with E-state index >= 15 is 0 Å². The highest BCUT2D eigenvalue weighted by Gasteiger charge is 2.12. The van der Waals surface area contributed by atoms with E-state index in [0.29, 0.717) is 5.25 Å². The van der Waals surface area contributed by atoms with Gasteiger partial charge in [-0.25, -0.2) is 0 Å². The maximum Gasteiger partial charge on any atom is 0.0307 e. The third kappa shape index (κ3) is 1.29. The van der Waals surface area contributed by atoms with Crippen LogP contribution in [0.15, 0.2) is 24.3 Å². The second kappa shape index (κ2) is 2.98. The van der Waals surface area contributed by atoms with Crippen molar-refractivity contribution in [2.24, 2.45) is 0 Å². The number of hydrogen-bond donors (Lipinski definition) is 1. The normalized spacial score (nSPS) is 20.7. The molecule has 0 nitrogen and oxygen atoms in total. The van der Waals surface area contributed by atoms with Gasteiger partial charge in [-0.3, -0.25) is 0 Å². The molecule has 0 saturated heterocycles. The number of hydrogen-bond acceptors (Lipinski definition) is 1. The van der Waals surface area contributed by atoms with E-state index in [-0.39, 0.29) is 0 Å². The van der Waals surface area contributed by atoms with Crippen LogP contribution >= 0.6 is 12.6 Å².